The quantitative estimate of drug-likeness (QED) is 0.592. The first-order chi connectivity index (χ1) is 5.25. The lowest BCUT2D eigenvalue weighted by Crippen LogP contribution is -2.41. The van der Waals surface area contributed by atoms with E-state index in [4.69, 9.17) is 0 Å². The van der Waals surface area contributed by atoms with Crippen LogP contribution in [0.15, 0.2) is 0 Å². The molecule has 1 heterocycles. The zero-order valence-corrected chi connectivity index (χ0v) is 8.14. The fraction of sp³-hybridized carbons (Fsp3) is 1.00. The van der Waals surface area contributed by atoms with Gasteiger partial charge in [0.15, 0.2) is 0 Å². The predicted molar refractivity (Wildman–Crippen MR) is 49.7 cm³/mol. The number of hydrogen-bond acceptors (Lipinski definition) is 1. The summed E-state index contributed by atoms with van der Waals surface area (Å²) in [6, 6.07) is 0.869. The van der Waals surface area contributed by atoms with Crippen LogP contribution in [0, 0.1) is 5.92 Å². The summed E-state index contributed by atoms with van der Waals surface area (Å²) in [5, 5.41) is 0. The Morgan fingerprint density at radius 3 is 2.73 bits per heavy atom. The van der Waals surface area contributed by atoms with Gasteiger partial charge in [-0.05, 0) is 38.8 Å². The number of piperidine rings is 1. The third kappa shape index (κ3) is 2.19. The third-order valence-corrected chi connectivity index (χ3v) is 2.98. The van der Waals surface area contributed by atoms with Crippen molar-refractivity contribution in [1.29, 1.82) is 0 Å². The first-order valence-corrected chi connectivity index (χ1v) is 4.96. The molecule has 0 aromatic carbocycles. The van der Waals surface area contributed by atoms with E-state index < -0.39 is 0 Å². The lowest BCUT2D eigenvalue weighted by molar-refractivity contribution is 0.122. The molecule has 0 aliphatic carbocycles. The van der Waals surface area contributed by atoms with Crippen LogP contribution in [-0.4, -0.2) is 24.5 Å². The molecule has 0 N–H and O–H groups in total. The van der Waals surface area contributed by atoms with Crippen LogP contribution in [0.4, 0.5) is 0 Å². The maximum Gasteiger partial charge on any atom is 0.0118 e. The molecule has 1 saturated heterocycles. The topological polar surface area (TPSA) is 3.24 Å². The summed E-state index contributed by atoms with van der Waals surface area (Å²) in [4.78, 5) is 2.54. The number of hydrogen-bond donors (Lipinski definition) is 0. The summed E-state index contributed by atoms with van der Waals surface area (Å²) in [7, 11) is 2.27. The molecular weight excluding hydrogens is 134 g/mol. The van der Waals surface area contributed by atoms with Crippen molar-refractivity contribution in [3.8, 4) is 0 Å². The Labute approximate surface area is 70.8 Å². The highest BCUT2D eigenvalue weighted by atomic mass is 15.1. The summed E-state index contributed by atoms with van der Waals surface area (Å²) in [5.74, 6) is 0.925. The van der Waals surface area contributed by atoms with Crippen LogP contribution < -0.4 is 0 Å². The molecule has 1 heteroatoms. The van der Waals surface area contributed by atoms with Crippen molar-refractivity contribution in [2.45, 2.75) is 45.6 Å². The molecule has 1 aliphatic rings. The number of nitrogens with zero attached hydrogens (tertiary/aromatic N) is 1. The van der Waals surface area contributed by atoms with Gasteiger partial charge in [-0.3, -0.25) is 0 Å². The van der Waals surface area contributed by atoms with E-state index >= 15 is 0 Å². The highest BCUT2D eigenvalue weighted by Crippen LogP contribution is 2.24. The van der Waals surface area contributed by atoms with Gasteiger partial charge in [-0.15, -0.1) is 0 Å². The van der Waals surface area contributed by atoms with Crippen LogP contribution >= 0.6 is 0 Å². The molecule has 2 unspecified atom stereocenters. The zero-order valence-electron chi connectivity index (χ0n) is 8.14. The molecule has 2 atom stereocenters. The van der Waals surface area contributed by atoms with Crippen LogP contribution in [0.25, 0.3) is 0 Å². The standard InChI is InChI=1S/C10H21N/c1-4-6-10-9(2)7-5-8-11(10)3/h9-10H,4-8H2,1-3H3. The lowest BCUT2D eigenvalue weighted by atomic mass is 9.88. The van der Waals surface area contributed by atoms with Crippen LogP contribution in [0.5, 0.6) is 0 Å². The Kier molecular flexibility index (Phi) is 3.38. The Morgan fingerprint density at radius 1 is 1.45 bits per heavy atom. The third-order valence-electron chi connectivity index (χ3n) is 2.98. The molecule has 0 amide bonds. The van der Waals surface area contributed by atoms with Gasteiger partial charge < -0.3 is 4.90 Å². The zero-order chi connectivity index (χ0) is 8.27. The molecule has 11 heavy (non-hydrogen) atoms. The SMILES string of the molecule is CCCC1C(C)CCCN1C. The summed E-state index contributed by atoms with van der Waals surface area (Å²) in [6.45, 7) is 6.00. The minimum Gasteiger partial charge on any atom is -0.303 e. The molecule has 1 aliphatic heterocycles. The van der Waals surface area contributed by atoms with Gasteiger partial charge in [0.2, 0.25) is 0 Å². The number of likely N-dealkylation sites (tertiary alicyclic amines) is 1. The molecule has 0 aromatic heterocycles. The number of rotatable bonds is 2. The molecule has 0 bridgehead atoms. The van der Waals surface area contributed by atoms with Gasteiger partial charge in [-0.2, -0.15) is 0 Å². The minimum absolute atomic E-state index is 0.869. The molecule has 0 spiro atoms. The monoisotopic (exact) mass is 155 g/mol. The van der Waals surface area contributed by atoms with E-state index in [0.29, 0.717) is 0 Å². The van der Waals surface area contributed by atoms with E-state index in [0.717, 1.165) is 12.0 Å². The Bertz CT molecular complexity index is 101. The molecule has 1 fully saturated rings. The summed E-state index contributed by atoms with van der Waals surface area (Å²) in [5.41, 5.74) is 0. The normalized spacial score (nSPS) is 34.1. The van der Waals surface area contributed by atoms with Gasteiger partial charge in [-0.25, -0.2) is 0 Å². The molecule has 66 valence electrons. The van der Waals surface area contributed by atoms with Gasteiger partial charge in [0.1, 0.15) is 0 Å². The van der Waals surface area contributed by atoms with Crippen molar-refractivity contribution in [2.24, 2.45) is 5.92 Å². The van der Waals surface area contributed by atoms with Gasteiger partial charge in [0.25, 0.3) is 0 Å². The second-order valence-corrected chi connectivity index (χ2v) is 3.96. The predicted octanol–water partition coefficient (Wildman–Crippen LogP) is 2.52. The largest absolute Gasteiger partial charge is 0.303 e. The molecular formula is C10H21N. The second kappa shape index (κ2) is 4.10. The highest BCUT2D eigenvalue weighted by Gasteiger charge is 2.24. The summed E-state index contributed by atoms with van der Waals surface area (Å²) >= 11 is 0. The average Bonchev–Trinajstić information content (AvgIpc) is 1.97. The first-order valence-electron chi connectivity index (χ1n) is 4.96. The minimum atomic E-state index is 0.869. The average molecular weight is 155 g/mol. The van der Waals surface area contributed by atoms with E-state index in [2.05, 4.69) is 25.8 Å². The van der Waals surface area contributed by atoms with Crippen LogP contribution in [0.1, 0.15) is 39.5 Å². The van der Waals surface area contributed by atoms with Gasteiger partial charge in [0, 0.05) is 6.04 Å². The van der Waals surface area contributed by atoms with Crippen molar-refractivity contribution in [3.63, 3.8) is 0 Å². The molecule has 0 aromatic rings. The van der Waals surface area contributed by atoms with Crippen molar-refractivity contribution < 1.29 is 0 Å². The summed E-state index contributed by atoms with van der Waals surface area (Å²) in [6.07, 6.45) is 5.56. The molecule has 0 radical (unpaired) electrons. The van der Waals surface area contributed by atoms with E-state index in [-0.39, 0.29) is 0 Å². The maximum atomic E-state index is 2.54. The fourth-order valence-electron chi connectivity index (χ4n) is 2.26. The van der Waals surface area contributed by atoms with Crippen molar-refractivity contribution in [3.05, 3.63) is 0 Å². The Balaban J connectivity index is 2.41. The van der Waals surface area contributed by atoms with Gasteiger partial charge >= 0.3 is 0 Å². The summed E-state index contributed by atoms with van der Waals surface area (Å²) < 4.78 is 0. The van der Waals surface area contributed by atoms with Crippen molar-refractivity contribution in [2.75, 3.05) is 13.6 Å². The molecule has 0 saturated carbocycles. The molecule has 1 nitrogen and oxygen atoms in total. The van der Waals surface area contributed by atoms with Crippen molar-refractivity contribution in [1.82, 2.24) is 4.90 Å². The van der Waals surface area contributed by atoms with Crippen LogP contribution in [0.3, 0.4) is 0 Å². The molecule has 1 rings (SSSR count). The Morgan fingerprint density at radius 2 is 2.18 bits per heavy atom. The van der Waals surface area contributed by atoms with Gasteiger partial charge in [0.05, 0.1) is 0 Å². The Hall–Kier alpha value is -0.0400. The van der Waals surface area contributed by atoms with Gasteiger partial charge in [-0.1, -0.05) is 20.3 Å². The van der Waals surface area contributed by atoms with E-state index in [1.54, 1.807) is 0 Å². The highest BCUT2D eigenvalue weighted by molar-refractivity contribution is 4.79. The van der Waals surface area contributed by atoms with Crippen LogP contribution in [0.2, 0.25) is 0 Å². The fourth-order valence-corrected chi connectivity index (χ4v) is 2.26. The van der Waals surface area contributed by atoms with E-state index in [1.165, 1.54) is 32.2 Å². The second-order valence-electron chi connectivity index (χ2n) is 3.96. The maximum absolute atomic E-state index is 2.54. The van der Waals surface area contributed by atoms with Crippen molar-refractivity contribution >= 4 is 0 Å². The smallest absolute Gasteiger partial charge is 0.0118 e. The van der Waals surface area contributed by atoms with Crippen LogP contribution in [-0.2, 0) is 0 Å². The lowest BCUT2D eigenvalue weighted by Gasteiger charge is -2.37. The van der Waals surface area contributed by atoms with E-state index in [9.17, 15) is 0 Å². The first kappa shape index (κ1) is 9.05. The van der Waals surface area contributed by atoms with E-state index in [1.807, 2.05) is 0 Å².